The lowest BCUT2D eigenvalue weighted by atomic mass is 10.0. The fourth-order valence-electron chi connectivity index (χ4n) is 4.62. The summed E-state index contributed by atoms with van der Waals surface area (Å²) >= 11 is 0. The Bertz CT molecular complexity index is 1150. The van der Waals surface area contributed by atoms with Crippen LogP contribution < -0.4 is 16.0 Å². The number of fused-ring (bicyclic) bond motifs is 1. The molecule has 0 unspecified atom stereocenters. The van der Waals surface area contributed by atoms with Crippen molar-refractivity contribution < 1.29 is 23.9 Å². The Labute approximate surface area is 235 Å². The zero-order valence-corrected chi connectivity index (χ0v) is 23.8. The summed E-state index contributed by atoms with van der Waals surface area (Å²) in [6.45, 7) is 6.64. The van der Waals surface area contributed by atoms with Gasteiger partial charge in [0.05, 0.1) is 6.04 Å². The van der Waals surface area contributed by atoms with Gasteiger partial charge < -0.3 is 25.6 Å². The van der Waals surface area contributed by atoms with Crippen LogP contribution in [-0.4, -0.2) is 82.7 Å². The van der Waals surface area contributed by atoms with Gasteiger partial charge in [0.1, 0.15) is 25.0 Å². The fraction of sp³-hybridized carbons (Fsp3) is 0.571. The molecule has 3 rings (SSSR count). The average Bonchev–Trinajstić information content (AvgIpc) is 3.27. The number of benzene rings is 1. The molecular weight excluding hydrogens is 514 g/mol. The summed E-state index contributed by atoms with van der Waals surface area (Å²) < 4.78 is 6.52. The summed E-state index contributed by atoms with van der Waals surface area (Å²) in [5.74, 6) is -0.177. The van der Waals surface area contributed by atoms with Crippen LogP contribution in [0.4, 0.5) is 0 Å². The second-order valence-corrected chi connectivity index (χ2v) is 10.3. The van der Waals surface area contributed by atoms with Crippen LogP contribution in [0.25, 0.3) is 0 Å². The zero-order valence-electron chi connectivity index (χ0n) is 23.8. The second-order valence-electron chi connectivity index (χ2n) is 10.3. The molecular formula is C28H41N7O5. The maximum absolute atomic E-state index is 13.6. The van der Waals surface area contributed by atoms with Crippen LogP contribution in [0, 0.1) is 12.8 Å². The number of rotatable bonds is 5. The van der Waals surface area contributed by atoms with E-state index in [4.69, 9.17) is 4.74 Å². The van der Waals surface area contributed by atoms with E-state index in [0.717, 1.165) is 5.56 Å². The highest BCUT2D eigenvalue weighted by molar-refractivity contribution is 5.88. The Balaban J connectivity index is 1.89. The largest absolute Gasteiger partial charge is 0.375 e. The van der Waals surface area contributed by atoms with E-state index in [1.807, 2.05) is 44.2 Å². The lowest BCUT2D eigenvalue weighted by Crippen LogP contribution is -2.50. The van der Waals surface area contributed by atoms with Gasteiger partial charge in [0.25, 0.3) is 0 Å². The zero-order chi connectivity index (χ0) is 29.1. The van der Waals surface area contributed by atoms with Crippen molar-refractivity contribution >= 4 is 23.6 Å². The van der Waals surface area contributed by atoms with Gasteiger partial charge in [-0.2, -0.15) is 5.10 Å². The van der Waals surface area contributed by atoms with Crippen LogP contribution >= 0.6 is 0 Å². The van der Waals surface area contributed by atoms with E-state index in [1.165, 1.54) is 11.8 Å². The van der Waals surface area contributed by atoms with Crippen molar-refractivity contribution in [1.29, 1.82) is 0 Å². The first-order valence-corrected chi connectivity index (χ1v) is 13.8. The van der Waals surface area contributed by atoms with Gasteiger partial charge in [-0.05, 0) is 31.2 Å². The number of amides is 4. The highest BCUT2D eigenvalue weighted by atomic mass is 16.5. The normalized spacial score (nSPS) is 20.1. The van der Waals surface area contributed by atoms with Crippen molar-refractivity contribution in [1.82, 2.24) is 35.6 Å². The number of carbonyl (C=O) groups excluding carboxylic acids is 4. The molecule has 2 heterocycles. The van der Waals surface area contributed by atoms with Crippen molar-refractivity contribution in [3.8, 4) is 0 Å². The third-order valence-electron chi connectivity index (χ3n) is 6.66. The summed E-state index contributed by atoms with van der Waals surface area (Å²) in [7, 11) is 1.45. The fourth-order valence-corrected chi connectivity index (χ4v) is 4.62. The summed E-state index contributed by atoms with van der Waals surface area (Å²) in [6.07, 6.45) is 1.41. The lowest BCUT2D eigenvalue weighted by Gasteiger charge is -2.26. The minimum absolute atomic E-state index is 0.0637. The predicted molar refractivity (Wildman–Crippen MR) is 148 cm³/mol. The number of nitrogens with zero attached hydrogens (tertiary/aromatic N) is 4. The molecule has 0 fully saturated rings. The molecule has 1 aromatic heterocycles. The molecule has 4 amide bonds. The van der Waals surface area contributed by atoms with Crippen LogP contribution in [-0.2, 0) is 36.9 Å². The quantitative estimate of drug-likeness (QED) is 0.497. The van der Waals surface area contributed by atoms with E-state index in [1.54, 1.807) is 11.8 Å². The van der Waals surface area contributed by atoms with E-state index in [-0.39, 0.29) is 49.1 Å². The van der Waals surface area contributed by atoms with Gasteiger partial charge in [-0.1, -0.05) is 44.2 Å². The Hall–Kier alpha value is -3.80. The van der Waals surface area contributed by atoms with Crippen molar-refractivity contribution in [2.45, 2.75) is 65.1 Å². The molecule has 0 saturated carbocycles. The molecule has 0 bridgehead atoms. The third kappa shape index (κ3) is 9.15. The molecule has 1 aliphatic rings. The SMILES string of the molecule is COCC(=O)N1CCCNC(=O)Cn2nc(C)nc2[C@H](C(C)C)NC(=O)[C@@H](Cc2ccccc2)NC(=O)CCC1. The van der Waals surface area contributed by atoms with Crippen molar-refractivity contribution in [2.24, 2.45) is 5.92 Å². The minimum Gasteiger partial charge on any atom is -0.375 e. The van der Waals surface area contributed by atoms with E-state index < -0.39 is 12.1 Å². The van der Waals surface area contributed by atoms with Crippen LogP contribution in [0.15, 0.2) is 30.3 Å². The highest BCUT2D eigenvalue weighted by Crippen LogP contribution is 2.21. The summed E-state index contributed by atoms with van der Waals surface area (Å²) in [6, 6.07) is 8.11. The third-order valence-corrected chi connectivity index (χ3v) is 6.66. The summed E-state index contributed by atoms with van der Waals surface area (Å²) in [5.41, 5.74) is 0.901. The molecule has 1 aliphatic heterocycles. The molecule has 218 valence electrons. The molecule has 0 aliphatic carbocycles. The first-order valence-electron chi connectivity index (χ1n) is 13.8. The molecule has 2 aromatic rings. The molecule has 2 atom stereocenters. The number of nitrogens with one attached hydrogen (secondary N) is 3. The van der Waals surface area contributed by atoms with Crippen LogP contribution in [0.2, 0.25) is 0 Å². The van der Waals surface area contributed by atoms with Gasteiger partial charge in [-0.3, -0.25) is 19.2 Å². The van der Waals surface area contributed by atoms with E-state index >= 15 is 0 Å². The molecule has 0 saturated heterocycles. The monoisotopic (exact) mass is 555 g/mol. The molecule has 12 nitrogen and oxygen atoms in total. The van der Waals surface area contributed by atoms with Crippen molar-refractivity contribution in [3.63, 3.8) is 0 Å². The smallest absolute Gasteiger partial charge is 0.248 e. The number of aromatic nitrogens is 3. The lowest BCUT2D eigenvalue weighted by molar-refractivity contribution is -0.135. The van der Waals surface area contributed by atoms with Gasteiger partial charge in [-0.25, -0.2) is 9.67 Å². The highest BCUT2D eigenvalue weighted by Gasteiger charge is 2.29. The van der Waals surface area contributed by atoms with Crippen molar-refractivity contribution in [3.05, 3.63) is 47.5 Å². The predicted octanol–water partition coefficient (Wildman–Crippen LogP) is 0.902. The Morgan fingerprint density at radius 1 is 1.07 bits per heavy atom. The van der Waals surface area contributed by atoms with Gasteiger partial charge in [0.15, 0.2) is 5.82 Å². The van der Waals surface area contributed by atoms with E-state index in [2.05, 4.69) is 26.0 Å². The van der Waals surface area contributed by atoms with Crippen LogP contribution in [0.1, 0.15) is 56.4 Å². The Morgan fingerprint density at radius 2 is 1.80 bits per heavy atom. The van der Waals surface area contributed by atoms with Gasteiger partial charge in [-0.15, -0.1) is 0 Å². The van der Waals surface area contributed by atoms with E-state index in [0.29, 0.717) is 50.5 Å². The minimum atomic E-state index is -0.831. The Morgan fingerprint density at radius 3 is 2.50 bits per heavy atom. The Kier molecular flexibility index (Phi) is 11.6. The van der Waals surface area contributed by atoms with Gasteiger partial charge in [0, 0.05) is 39.6 Å². The second kappa shape index (κ2) is 15.1. The number of hydrogen-bond donors (Lipinski definition) is 3. The maximum Gasteiger partial charge on any atom is 0.248 e. The first-order chi connectivity index (χ1) is 19.2. The van der Waals surface area contributed by atoms with E-state index in [9.17, 15) is 19.2 Å². The molecule has 1 aromatic carbocycles. The molecule has 12 heteroatoms. The van der Waals surface area contributed by atoms with Crippen LogP contribution in [0.3, 0.4) is 0 Å². The summed E-state index contributed by atoms with van der Waals surface area (Å²) in [5, 5.41) is 13.2. The standard InChI is InChI=1S/C28H41N7O5/c1-19(2)26-27-30-20(3)33-35(27)17-24(37)29-13-9-15-34(25(38)18-40-4)14-8-12-23(36)31-22(28(39)32-26)16-21-10-6-5-7-11-21/h5-7,10-11,19,22,26H,8-9,12-18H2,1-4H3,(H,29,37)(H,31,36)(H,32,39)/t22-,26+/m1/s1. The first kappa shape index (κ1) is 30.7. The maximum atomic E-state index is 13.6. The van der Waals surface area contributed by atoms with Crippen LogP contribution in [0.5, 0.6) is 0 Å². The van der Waals surface area contributed by atoms with Crippen molar-refractivity contribution in [2.75, 3.05) is 33.4 Å². The number of methoxy groups -OCH3 is 1. The number of carbonyl (C=O) groups is 4. The number of ether oxygens (including phenoxy) is 1. The molecule has 0 spiro atoms. The number of aryl methyl sites for hydroxylation is 1. The molecule has 0 radical (unpaired) electrons. The topological polar surface area (TPSA) is 148 Å². The van der Waals surface area contributed by atoms with Gasteiger partial charge in [0.2, 0.25) is 23.6 Å². The molecule has 3 N–H and O–H groups in total. The average molecular weight is 556 g/mol. The van der Waals surface area contributed by atoms with Gasteiger partial charge >= 0.3 is 0 Å². The summed E-state index contributed by atoms with van der Waals surface area (Å²) in [4.78, 5) is 58.1. The molecule has 40 heavy (non-hydrogen) atoms. The number of hydrogen-bond acceptors (Lipinski definition) is 7.